The largest absolute Gasteiger partial charge is 0.480 e. The lowest BCUT2D eigenvalue weighted by Gasteiger charge is -2.26. The fraction of sp³-hybridized carbons (Fsp3) is 0.667. The Labute approximate surface area is 178 Å². The highest BCUT2D eigenvalue weighted by Crippen LogP contribution is 2.02. The van der Waals surface area contributed by atoms with Gasteiger partial charge in [0.15, 0.2) is 0 Å². The fourth-order valence-corrected chi connectivity index (χ4v) is 2.44. The maximum Gasteiger partial charge on any atom is 0.331 e. The van der Waals surface area contributed by atoms with Gasteiger partial charge in [-0.05, 0) is 13.3 Å². The molecule has 0 aliphatic heterocycles. The third-order valence-electron chi connectivity index (χ3n) is 3.40. The Hall–Kier alpha value is -2.25. The van der Waals surface area contributed by atoms with Gasteiger partial charge in [-0.3, -0.25) is 24.2 Å². The monoisotopic (exact) mass is 455 g/mol. The second kappa shape index (κ2) is 14.7. The van der Waals surface area contributed by atoms with Gasteiger partial charge in [-0.15, -0.1) is 11.6 Å². The van der Waals surface area contributed by atoms with E-state index in [4.69, 9.17) is 16.7 Å². The minimum Gasteiger partial charge on any atom is -0.480 e. The number of alkyl halides is 1. The molecule has 29 heavy (non-hydrogen) atoms. The van der Waals surface area contributed by atoms with Crippen molar-refractivity contribution < 1.29 is 34.2 Å². The van der Waals surface area contributed by atoms with Gasteiger partial charge in [0.25, 0.3) is 0 Å². The highest BCUT2D eigenvalue weighted by molar-refractivity contribution is 7.80. The van der Waals surface area contributed by atoms with Crippen molar-refractivity contribution in [3.05, 3.63) is 0 Å². The molecule has 0 aliphatic rings. The molecule has 166 valence electrons. The van der Waals surface area contributed by atoms with Gasteiger partial charge in [0.05, 0.1) is 6.54 Å². The van der Waals surface area contributed by atoms with E-state index in [0.717, 1.165) is 5.01 Å². The second-order valence-electron chi connectivity index (χ2n) is 5.65. The van der Waals surface area contributed by atoms with Crippen molar-refractivity contribution in [2.75, 3.05) is 31.3 Å². The number of carbonyl (C=O) groups excluding carboxylic acids is 3. The van der Waals surface area contributed by atoms with Crippen LogP contribution in [0.3, 0.4) is 0 Å². The zero-order valence-electron chi connectivity index (χ0n) is 15.8. The number of carbonyl (C=O) groups is 5. The van der Waals surface area contributed by atoms with Crippen LogP contribution in [0, 0.1) is 0 Å². The number of carboxylic acids is 2. The van der Waals surface area contributed by atoms with Crippen molar-refractivity contribution in [1.29, 1.82) is 0 Å². The minimum absolute atomic E-state index is 0.0365. The van der Waals surface area contributed by atoms with Gasteiger partial charge >= 0.3 is 18.0 Å². The average Bonchev–Trinajstić information content (AvgIpc) is 2.66. The van der Waals surface area contributed by atoms with E-state index >= 15 is 0 Å². The summed E-state index contributed by atoms with van der Waals surface area (Å²) in [4.78, 5) is 57.7. The summed E-state index contributed by atoms with van der Waals surface area (Å²) in [5.74, 6) is -3.92. The number of rotatable bonds is 14. The van der Waals surface area contributed by atoms with E-state index in [-0.39, 0.29) is 31.0 Å². The van der Waals surface area contributed by atoms with Crippen molar-refractivity contribution in [2.24, 2.45) is 0 Å². The van der Waals surface area contributed by atoms with Crippen LogP contribution >= 0.6 is 24.2 Å². The zero-order chi connectivity index (χ0) is 22.4. The first-order valence-electron chi connectivity index (χ1n) is 8.66. The molecule has 4 amide bonds. The molecule has 0 radical (unpaired) electrons. The summed E-state index contributed by atoms with van der Waals surface area (Å²) in [6.07, 6.45) is -0.458. The summed E-state index contributed by atoms with van der Waals surface area (Å²) in [5.41, 5.74) is 2.51. The minimum atomic E-state index is -1.29. The summed E-state index contributed by atoms with van der Waals surface area (Å²) in [7, 11) is 0. The van der Waals surface area contributed by atoms with Crippen molar-refractivity contribution in [1.82, 2.24) is 26.4 Å². The third kappa shape index (κ3) is 11.4. The van der Waals surface area contributed by atoms with E-state index in [1.165, 1.54) is 0 Å². The maximum absolute atomic E-state index is 12.1. The predicted octanol–water partition coefficient (Wildman–Crippen LogP) is -1.39. The van der Waals surface area contributed by atoms with Crippen LogP contribution < -0.4 is 21.4 Å². The molecule has 0 saturated heterocycles. The number of thiol groups is 1. The lowest BCUT2D eigenvalue weighted by molar-refractivity contribution is -0.141. The Morgan fingerprint density at radius 1 is 1.10 bits per heavy atom. The number of carboxylic acid groups (broad SMARTS) is 2. The van der Waals surface area contributed by atoms with Crippen molar-refractivity contribution in [3.63, 3.8) is 0 Å². The van der Waals surface area contributed by atoms with Gasteiger partial charge in [0, 0.05) is 24.6 Å². The number of amides is 4. The Bertz CT molecular complexity index is 595. The van der Waals surface area contributed by atoms with E-state index in [0.29, 0.717) is 6.54 Å². The predicted molar refractivity (Wildman–Crippen MR) is 107 cm³/mol. The van der Waals surface area contributed by atoms with Crippen LogP contribution in [0.5, 0.6) is 0 Å². The molecular formula is C15H26ClN5O7S. The molecule has 6 N–H and O–H groups in total. The van der Waals surface area contributed by atoms with Gasteiger partial charge in [-0.2, -0.15) is 12.6 Å². The number of nitrogens with zero attached hydrogens (tertiary/aromatic N) is 1. The number of aliphatic carboxylic acids is 2. The molecule has 0 rings (SSSR count). The summed E-state index contributed by atoms with van der Waals surface area (Å²) >= 11 is 9.56. The summed E-state index contributed by atoms with van der Waals surface area (Å²) < 4.78 is 0. The van der Waals surface area contributed by atoms with E-state index in [9.17, 15) is 29.1 Å². The van der Waals surface area contributed by atoms with E-state index < -0.39 is 48.4 Å². The maximum atomic E-state index is 12.1. The molecular weight excluding hydrogens is 430 g/mol. The van der Waals surface area contributed by atoms with Crippen LogP contribution in [-0.4, -0.2) is 88.4 Å². The van der Waals surface area contributed by atoms with Crippen molar-refractivity contribution in [2.45, 2.75) is 31.8 Å². The standard InChI is InChI=1S/C15H26ClN5O7S/c1-2-17-15(28)21(6-5-16)20-9(14(26)27)3-4-11(22)19-10(8-29)13(25)18-7-12(23)24/h9-10,20,29H,2-8H2,1H3,(H,17,28)(H,18,25)(H,19,22)(H,23,24)(H,26,27)/t9-,10-/m0/s1. The van der Waals surface area contributed by atoms with Crippen LogP contribution in [0.4, 0.5) is 4.79 Å². The molecule has 0 aromatic rings. The molecule has 0 aromatic carbocycles. The van der Waals surface area contributed by atoms with E-state index in [1.54, 1.807) is 6.92 Å². The normalized spacial score (nSPS) is 12.4. The van der Waals surface area contributed by atoms with Gasteiger partial charge in [-0.1, -0.05) is 0 Å². The highest BCUT2D eigenvalue weighted by Gasteiger charge is 2.25. The Balaban J connectivity index is 4.78. The number of hydrazine groups is 1. The Morgan fingerprint density at radius 3 is 2.24 bits per heavy atom. The van der Waals surface area contributed by atoms with E-state index in [2.05, 4.69) is 34.0 Å². The SMILES string of the molecule is CCNC(=O)N(CCCl)N[C@@H](CCC(=O)N[C@@H](CS)C(=O)NCC(=O)O)C(=O)O. The molecule has 0 saturated carbocycles. The highest BCUT2D eigenvalue weighted by atomic mass is 35.5. The van der Waals surface area contributed by atoms with Crippen molar-refractivity contribution >= 4 is 54.0 Å². The van der Waals surface area contributed by atoms with Gasteiger partial charge < -0.3 is 26.2 Å². The Kier molecular flexibility index (Phi) is 13.6. The van der Waals surface area contributed by atoms with E-state index in [1.807, 2.05) is 0 Å². The Morgan fingerprint density at radius 2 is 1.76 bits per heavy atom. The molecule has 0 fully saturated rings. The van der Waals surface area contributed by atoms with Gasteiger partial charge in [-0.25, -0.2) is 10.2 Å². The number of hydrogen-bond acceptors (Lipinski definition) is 7. The lowest BCUT2D eigenvalue weighted by atomic mass is 10.1. The lowest BCUT2D eigenvalue weighted by Crippen LogP contribution is -2.55. The molecule has 0 aliphatic carbocycles. The van der Waals surface area contributed by atoms with Gasteiger partial charge in [0.2, 0.25) is 11.8 Å². The third-order valence-corrected chi connectivity index (χ3v) is 3.93. The number of halogens is 1. The summed E-state index contributed by atoms with van der Waals surface area (Å²) in [6, 6.07) is -2.90. The van der Waals surface area contributed by atoms with Crippen LogP contribution in [0.15, 0.2) is 0 Å². The fourth-order valence-electron chi connectivity index (χ4n) is 2.01. The smallest absolute Gasteiger partial charge is 0.331 e. The molecule has 0 aromatic heterocycles. The van der Waals surface area contributed by atoms with Gasteiger partial charge in [0.1, 0.15) is 18.6 Å². The first-order valence-corrected chi connectivity index (χ1v) is 9.82. The number of urea groups is 1. The molecule has 0 spiro atoms. The average molecular weight is 456 g/mol. The molecule has 14 heteroatoms. The summed E-state index contributed by atoms with van der Waals surface area (Å²) in [5, 5.41) is 25.9. The molecule has 2 atom stereocenters. The zero-order valence-corrected chi connectivity index (χ0v) is 17.5. The molecule has 0 heterocycles. The molecule has 12 nitrogen and oxygen atoms in total. The number of hydrogen-bond donors (Lipinski definition) is 7. The quantitative estimate of drug-likeness (QED) is 0.0950. The molecule has 0 unspecified atom stereocenters. The summed E-state index contributed by atoms with van der Waals surface area (Å²) in [6.45, 7) is 1.45. The first kappa shape index (κ1) is 26.8. The van der Waals surface area contributed by atoms with Crippen LogP contribution in [0.1, 0.15) is 19.8 Å². The van der Waals surface area contributed by atoms with Crippen LogP contribution in [0.25, 0.3) is 0 Å². The topological polar surface area (TPSA) is 177 Å². The van der Waals surface area contributed by atoms with Crippen LogP contribution in [-0.2, 0) is 19.2 Å². The number of nitrogens with one attached hydrogen (secondary N) is 4. The second-order valence-corrected chi connectivity index (χ2v) is 6.39. The van der Waals surface area contributed by atoms with Crippen molar-refractivity contribution in [3.8, 4) is 0 Å². The first-order chi connectivity index (χ1) is 13.7. The van der Waals surface area contributed by atoms with Crippen LogP contribution in [0.2, 0.25) is 0 Å². The molecule has 0 bridgehead atoms.